The zero-order valence-corrected chi connectivity index (χ0v) is 14.3. The number of benzene rings is 2. The van der Waals surface area contributed by atoms with Crippen molar-refractivity contribution in [2.45, 2.75) is 13.0 Å². The van der Waals surface area contributed by atoms with E-state index in [2.05, 4.69) is 33.2 Å². The summed E-state index contributed by atoms with van der Waals surface area (Å²) in [5, 5.41) is 3.75. The summed E-state index contributed by atoms with van der Waals surface area (Å²) in [7, 11) is 0. The van der Waals surface area contributed by atoms with Gasteiger partial charge in [-0.3, -0.25) is 0 Å². The van der Waals surface area contributed by atoms with Crippen LogP contribution in [0.4, 0.5) is 14.5 Å². The van der Waals surface area contributed by atoms with Crippen molar-refractivity contribution in [1.82, 2.24) is 4.90 Å². The Balaban J connectivity index is 1.57. The van der Waals surface area contributed by atoms with Gasteiger partial charge in [-0.15, -0.1) is 0 Å². The van der Waals surface area contributed by atoms with Gasteiger partial charge < -0.3 is 15.0 Å². The number of ether oxygens (including phenoxy) is 1. The molecule has 0 atom stereocenters. The number of hydrogen-bond acceptors (Lipinski definition) is 2. The van der Waals surface area contributed by atoms with Crippen LogP contribution in [-0.2, 0) is 0 Å². The van der Waals surface area contributed by atoms with E-state index in [1.54, 1.807) is 12.1 Å². The zero-order chi connectivity index (χ0) is 17.6. The maximum atomic E-state index is 12.2. The van der Waals surface area contributed by atoms with Crippen LogP contribution in [0.25, 0.3) is 5.57 Å². The van der Waals surface area contributed by atoms with Crippen LogP contribution >= 0.6 is 12.2 Å². The van der Waals surface area contributed by atoms with E-state index in [1.807, 2.05) is 18.2 Å². The number of nitrogens with zero attached hydrogens (tertiary/aromatic N) is 1. The summed E-state index contributed by atoms with van der Waals surface area (Å²) in [6, 6.07) is 16.6. The van der Waals surface area contributed by atoms with Crippen molar-refractivity contribution in [3.8, 4) is 5.75 Å². The van der Waals surface area contributed by atoms with Crippen molar-refractivity contribution in [1.29, 1.82) is 0 Å². The molecule has 0 saturated carbocycles. The third-order valence-corrected chi connectivity index (χ3v) is 4.33. The van der Waals surface area contributed by atoms with E-state index >= 15 is 0 Å². The predicted molar refractivity (Wildman–Crippen MR) is 99.9 cm³/mol. The molecule has 0 bridgehead atoms. The lowest BCUT2D eigenvalue weighted by Gasteiger charge is -2.29. The summed E-state index contributed by atoms with van der Waals surface area (Å²) < 4.78 is 28.6. The molecule has 1 aliphatic rings. The number of halogens is 2. The molecule has 3 nitrogen and oxygen atoms in total. The fourth-order valence-electron chi connectivity index (χ4n) is 2.69. The highest BCUT2D eigenvalue weighted by Crippen LogP contribution is 2.23. The van der Waals surface area contributed by atoms with E-state index in [0.717, 1.165) is 25.2 Å². The van der Waals surface area contributed by atoms with Crippen molar-refractivity contribution >= 4 is 28.6 Å². The molecule has 0 aromatic heterocycles. The molecule has 25 heavy (non-hydrogen) atoms. The third-order valence-electron chi connectivity index (χ3n) is 3.97. The van der Waals surface area contributed by atoms with E-state index < -0.39 is 6.61 Å². The number of anilines is 1. The quantitative estimate of drug-likeness (QED) is 0.794. The second kappa shape index (κ2) is 8.07. The minimum absolute atomic E-state index is 0.125. The molecule has 2 aromatic rings. The Hall–Kier alpha value is -2.47. The summed E-state index contributed by atoms with van der Waals surface area (Å²) in [6.07, 6.45) is 3.11. The van der Waals surface area contributed by atoms with Gasteiger partial charge in [0.25, 0.3) is 0 Å². The first kappa shape index (κ1) is 17.4. The molecule has 3 rings (SSSR count). The average Bonchev–Trinajstić information content (AvgIpc) is 2.64. The van der Waals surface area contributed by atoms with Gasteiger partial charge >= 0.3 is 6.61 Å². The van der Waals surface area contributed by atoms with Gasteiger partial charge in [-0.1, -0.05) is 36.4 Å². The monoisotopic (exact) mass is 360 g/mol. The van der Waals surface area contributed by atoms with E-state index in [9.17, 15) is 8.78 Å². The predicted octanol–water partition coefficient (Wildman–Crippen LogP) is 4.77. The molecule has 0 saturated heterocycles. The molecule has 0 aliphatic carbocycles. The normalized spacial score (nSPS) is 14.2. The number of alkyl halides is 2. The van der Waals surface area contributed by atoms with Crippen molar-refractivity contribution in [2.24, 2.45) is 0 Å². The van der Waals surface area contributed by atoms with Crippen LogP contribution in [0.3, 0.4) is 0 Å². The van der Waals surface area contributed by atoms with Crippen molar-refractivity contribution in [3.63, 3.8) is 0 Å². The first-order chi connectivity index (χ1) is 12.1. The molecule has 1 aliphatic heterocycles. The van der Waals surface area contributed by atoms with Crippen molar-refractivity contribution < 1.29 is 13.5 Å². The van der Waals surface area contributed by atoms with Gasteiger partial charge in [0.15, 0.2) is 5.11 Å². The largest absolute Gasteiger partial charge is 0.435 e. The molecule has 6 heteroatoms. The lowest BCUT2D eigenvalue weighted by Crippen LogP contribution is -2.37. The Labute approximate surface area is 150 Å². The Morgan fingerprint density at radius 3 is 2.40 bits per heavy atom. The summed E-state index contributed by atoms with van der Waals surface area (Å²) in [5.41, 5.74) is 3.31. The lowest BCUT2D eigenvalue weighted by atomic mass is 10.00. The highest BCUT2D eigenvalue weighted by atomic mass is 32.1. The molecular weight excluding hydrogens is 342 g/mol. The van der Waals surface area contributed by atoms with Crippen LogP contribution in [0.2, 0.25) is 0 Å². The van der Waals surface area contributed by atoms with E-state index in [1.165, 1.54) is 23.3 Å². The first-order valence-electron chi connectivity index (χ1n) is 7.97. The topological polar surface area (TPSA) is 24.5 Å². The number of hydrogen-bond donors (Lipinski definition) is 1. The highest BCUT2D eigenvalue weighted by molar-refractivity contribution is 7.80. The number of thiocarbonyl (C=S) groups is 1. The van der Waals surface area contributed by atoms with Crippen LogP contribution in [0.1, 0.15) is 12.0 Å². The average molecular weight is 360 g/mol. The Morgan fingerprint density at radius 2 is 1.80 bits per heavy atom. The van der Waals surface area contributed by atoms with E-state index in [4.69, 9.17) is 12.2 Å². The standard InChI is InChI=1S/C19H18F2N2OS/c20-18(21)24-17-8-6-16(7-9-17)22-19(25)23-12-10-15(11-13-23)14-4-2-1-3-5-14/h1-10,18H,11-13H2,(H,22,25). The number of nitrogens with one attached hydrogen (secondary N) is 1. The van der Waals surface area contributed by atoms with Crippen LogP contribution in [0.15, 0.2) is 60.7 Å². The zero-order valence-electron chi connectivity index (χ0n) is 13.5. The van der Waals surface area contributed by atoms with Crippen molar-refractivity contribution in [2.75, 3.05) is 18.4 Å². The highest BCUT2D eigenvalue weighted by Gasteiger charge is 2.15. The molecule has 0 spiro atoms. The van der Waals surface area contributed by atoms with Gasteiger partial charge in [0.2, 0.25) is 0 Å². The van der Waals surface area contributed by atoms with Crippen LogP contribution in [-0.4, -0.2) is 29.7 Å². The van der Waals surface area contributed by atoms with Crippen LogP contribution in [0, 0.1) is 0 Å². The first-order valence-corrected chi connectivity index (χ1v) is 8.38. The van der Waals surface area contributed by atoms with Gasteiger partial charge in [0.1, 0.15) is 5.75 Å². The Bertz CT molecular complexity index is 748. The Morgan fingerprint density at radius 1 is 1.08 bits per heavy atom. The molecule has 1 heterocycles. The Kier molecular flexibility index (Phi) is 5.60. The smallest absolute Gasteiger partial charge is 0.387 e. The fourth-order valence-corrected chi connectivity index (χ4v) is 2.97. The summed E-state index contributed by atoms with van der Waals surface area (Å²) in [4.78, 5) is 2.07. The van der Waals surface area contributed by atoms with Gasteiger partial charge in [-0.25, -0.2) is 0 Å². The summed E-state index contributed by atoms with van der Waals surface area (Å²) >= 11 is 5.45. The molecule has 0 radical (unpaired) electrons. The van der Waals surface area contributed by atoms with Crippen LogP contribution in [0.5, 0.6) is 5.75 Å². The second-order valence-corrected chi connectivity index (χ2v) is 6.01. The molecule has 2 aromatic carbocycles. The number of rotatable bonds is 4. The minimum Gasteiger partial charge on any atom is -0.435 e. The lowest BCUT2D eigenvalue weighted by molar-refractivity contribution is -0.0498. The summed E-state index contributed by atoms with van der Waals surface area (Å²) in [5.74, 6) is 0.125. The third kappa shape index (κ3) is 4.76. The van der Waals surface area contributed by atoms with Crippen molar-refractivity contribution in [3.05, 3.63) is 66.2 Å². The molecule has 130 valence electrons. The fraction of sp³-hybridized carbons (Fsp3) is 0.211. The van der Waals surface area contributed by atoms with Crippen LogP contribution < -0.4 is 10.1 Å². The van der Waals surface area contributed by atoms with Gasteiger partial charge in [-0.05, 0) is 54.0 Å². The van der Waals surface area contributed by atoms with Gasteiger partial charge in [-0.2, -0.15) is 8.78 Å². The van der Waals surface area contributed by atoms with E-state index in [0.29, 0.717) is 5.11 Å². The van der Waals surface area contributed by atoms with Gasteiger partial charge in [0, 0.05) is 18.8 Å². The SMILES string of the molecule is FC(F)Oc1ccc(NC(=S)N2CC=C(c3ccccc3)CC2)cc1. The second-order valence-electron chi connectivity index (χ2n) is 5.62. The maximum absolute atomic E-state index is 12.2. The maximum Gasteiger partial charge on any atom is 0.387 e. The minimum atomic E-state index is -2.82. The van der Waals surface area contributed by atoms with E-state index in [-0.39, 0.29) is 5.75 Å². The molecular formula is C19H18F2N2OS. The van der Waals surface area contributed by atoms with Gasteiger partial charge in [0.05, 0.1) is 0 Å². The molecule has 0 amide bonds. The summed E-state index contributed by atoms with van der Waals surface area (Å²) in [6.45, 7) is -1.25. The molecule has 0 unspecified atom stereocenters. The molecule has 0 fully saturated rings. The molecule has 1 N–H and O–H groups in total.